The number of hydrogen-bond acceptors (Lipinski definition) is 9. The predicted molar refractivity (Wildman–Crippen MR) is 188 cm³/mol. The molecule has 0 aliphatic carbocycles. The molecular weight excluding hydrogens is 643 g/mol. The van der Waals surface area contributed by atoms with Crippen LogP contribution in [0.3, 0.4) is 0 Å². The molecule has 0 radical (unpaired) electrons. The van der Waals surface area contributed by atoms with E-state index in [4.69, 9.17) is 9.47 Å². The smallest absolute Gasteiger partial charge is 0.410 e. The Morgan fingerprint density at radius 3 is 2.36 bits per heavy atom. The van der Waals surface area contributed by atoms with Gasteiger partial charge in [-0.25, -0.2) is 14.2 Å². The van der Waals surface area contributed by atoms with E-state index in [1.165, 1.54) is 12.1 Å². The largest absolute Gasteiger partial charge is 0.457 e. The van der Waals surface area contributed by atoms with Crippen molar-refractivity contribution in [1.29, 1.82) is 0 Å². The van der Waals surface area contributed by atoms with Crippen LogP contribution in [0, 0.1) is 17.7 Å². The van der Waals surface area contributed by atoms with Crippen molar-refractivity contribution < 1.29 is 33.4 Å². The molecule has 1 N–H and O–H groups in total. The molecule has 2 saturated heterocycles. The van der Waals surface area contributed by atoms with Gasteiger partial charge in [-0.15, -0.1) is 0 Å². The summed E-state index contributed by atoms with van der Waals surface area (Å²) >= 11 is 0. The van der Waals surface area contributed by atoms with Crippen LogP contribution in [0.5, 0.6) is 0 Å². The van der Waals surface area contributed by atoms with E-state index >= 15 is 4.39 Å². The second kappa shape index (κ2) is 16.7. The summed E-state index contributed by atoms with van der Waals surface area (Å²) in [6, 6.07) is 4.81. The fourth-order valence-corrected chi connectivity index (χ4v) is 6.69. The monoisotopic (exact) mass is 694 g/mol. The van der Waals surface area contributed by atoms with Crippen molar-refractivity contribution in [2.24, 2.45) is 18.9 Å². The van der Waals surface area contributed by atoms with Crippen LogP contribution in [0.2, 0.25) is 0 Å². The van der Waals surface area contributed by atoms with Crippen LogP contribution in [0.1, 0.15) is 56.1 Å². The van der Waals surface area contributed by atoms with Crippen LogP contribution in [-0.4, -0.2) is 125 Å². The Hall–Kier alpha value is -4.23. The molecule has 50 heavy (non-hydrogen) atoms. The summed E-state index contributed by atoms with van der Waals surface area (Å²) in [6.45, 7) is 10.5. The highest BCUT2D eigenvalue weighted by Gasteiger charge is 2.30. The summed E-state index contributed by atoms with van der Waals surface area (Å²) in [4.78, 5) is 50.8. The quantitative estimate of drug-likeness (QED) is 0.367. The molecule has 0 saturated carbocycles. The lowest BCUT2D eigenvalue weighted by atomic mass is 9.91. The summed E-state index contributed by atoms with van der Waals surface area (Å²) in [5.41, 5.74) is 2.40. The lowest BCUT2D eigenvalue weighted by Gasteiger charge is -2.36. The summed E-state index contributed by atoms with van der Waals surface area (Å²) in [5, 5.41) is 10.7. The van der Waals surface area contributed by atoms with E-state index in [1.807, 2.05) is 64.1 Å². The second-order valence-electron chi connectivity index (χ2n) is 14.0. The van der Waals surface area contributed by atoms with Gasteiger partial charge in [0.1, 0.15) is 23.7 Å². The average Bonchev–Trinajstić information content (AvgIpc) is 3.53. The zero-order chi connectivity index (χ0) is 35.9. The minimum absolute atomic E-state index is 0.0873. The number of nitrogens with zero attached hydrogens (tertiary/aromatic N) is 6. The van der Waals surface area contributed by atoms with Crippen molar-refractivity contribution in [2.75, 3.05) is 64.3 Å². The Morgan fingerprint density at radius 1 is 0.980 bits per heavy atom. The van der Waals surface area contributed by atoms with Gasteiger partial charge in [0, 0.05) is 77.2 Å². The number of carbonyl (C=O) groups excluding carboxylic acids is 3. The first-order valence-electron chi connectivity index (χ1n) is 17.6. The van der Waals surface area contributed by atoms with Crippen LogP contribution in [0.25, 0.3) is 6.08 Å². The zero-order valence-electron chi connectivity index (χ0n) is 29.8. The maximum Gasteiger partial charge on any atom is 0.410 e. The number of likely N-dealkylation sites (N-methyl/N-ethyl adjacent to an activating group) is 1. The fraction of sp³-hybridized carbons (Fsp3) is 0.568. The molecule has 2 amide bonds. The van der Waals surface area contributed by atoms with Gasteiger partial charge in [0.15, 0.2) is 0 Å². The van der Waals surface area contributed by atoms with Crippen LogP contribution in [0.15, 0.2) is 48.4 Å². The third-order valence-corrected chi connectivity index (χ3v) is 9.86. The standard InChI is InChI=1S/C37H51FN6O6/c1-25-6-8-31(45)22-34(46)50-35(26(2)7-9-33(25)49-37(48)44-12-10-40(4)11-13-44)27(3)18-28-19-29(38)21-30(20-28)42-14-16-43(17-15-42)36(47)32-23-41(5)24-39-32/h7,9,18-21,23-26,31,33,35,45H,6,8,10-17,22H2,1-5H3/b9-7+,27-18+/t25-,26-,31+,33+,35-/m0/s1. The third kappa shape index (κ3) is 9.72. The fourth-order valence-electron chi connectivity index (χ4n) is 6.69. The Bertz CT molecular complexity index is 1560. The van der Waals surface area contributed by atoms with E-state index in [1.54, 1.807) is 26.9 Å². The predicted octanol–water partition coefficient (Wildman–Crippen LogP) is 3.96. The highest BCUT2D eigenvalue weighted by molar-refractivity contribution is 5.92. The molecule has 1 aromatic carbocycles. The van der Waals surface area contributed by atoms with Crippen molar-refractivity contribution in [3.05, 3.63) is 65.5 Å². The highest BCUT2D eigenvalue weighted by atomic mass is 19.1. The number of carbonyl (C=O) groups is 3. The SMILES string of the molecule is C/C(=C\c1cc(F)cc(N2CCN(C(=O)c3cn(C)cn3)CC2)c1)[C@H]1OC(=O)C[C@H](O)CC[C@H](C)[C@H](OC(=O)N2CCN(C)CC2)/C=C/[C@@H]1C. The van der Waals surface area contributed by atoms with Crippen molar-refractivity contribution in [1.82, 2.24) is 24.3 Å². The van der Waals surface area contributed by atoms with Gasteiger partial charge in [-0.1, -0.05) is 26.0 Å². The molecule has 4 heterocycles. The first-order chi connectivity index (χ1) is 23.9. The number of esters is 1. The number of ether oxygens (including phenoxy) is 2. The molecule has 3 aliphatic rings. The molecule has 5 rings (SSSR count). The number of rotatable bonds is 5. The highest BCUT2D eigenvalue weighted by Crippen LogP contribution is 2.28. The number of aliphatic hydroxyl groups excluding tert-OH is 1. The van der Waals surface area contributed by atoms with Crippen molar-refractivity contribution in [2.45, 2.75) is 58.3 Å². The molecule has 13 heteroatoms. The normalized spacial score (nSPS) is 26.9. The molecular formula is C37H51FN6O6. The summed E-state index contributed by atoms with van der Waals surface area (Å²) in [7, 11) is 3.84. The molecule has 1 aromatic heterocycles. The topological polar surface area (TPSA) is 121 Å². The number of aryl methyl sites for hydroxylation is 1. The number of anilines is 1. The van der Waals surface area contributed by atoms with Crippen molar-refractivity contribution >= 4 is 29.7 Å². The zero-order valence-corrected chi connectivity index (χ0v) is 29.8. The van der Waals surface area contributed by atoms with Gasteiger partial charge in [0.05, 0.1) is 18.9 Å². The van der Waals surface area contributed by atoms with Gasteiger partial charge in [0.25, 0.3) is 5.91 Å². The number of benzene rings is 1. The van der Waals surface area contributed by atoms with E-state index in [-0.39, 0.29) is 30.3 Å². The number of hydrogen-bond donors (Lipinski definition) is 1. The Morgan fingerprint density at radius 2 is 1.68 bits per heavy atom. The first kappa shape index (κ1) is 37.0. The van der Waals surface area contributed by atoms with Crippen LogP contribution in [0.4, 0.5) is 14.9 Å². The number of aromatic nitrogens is 2. The average molecular weight is 695 g/mol. The van der Waals surface area contributed by atoms with Crippen molar-refractivity contribution in [3.63, 3.8) is 0 Å². The Kier molecular flexibility index (Phi) is 12.3. The summed E-state index contributed by atoms with van der Waals surface area (Å²) in [6.07, 6.45) is 7.17. The molecule has 12 nitrogen and oxygen atoms in total. The molecule has 272 valence electrons. The number of amides is 2. The van der Waals surface area contributed by atoms with E-state index < -0.39 is 30.1 Å². The maximum absolute atomic E-state index is 15.0. The van der Waals surface area contributed by atoms with Gasteiger partial charge in [-0.05, 0) is 68.1 Å². The van der Waals surface area contributed by atoms with E-state index in [0.717, 1.165) is 13.1 Å². The number of piperazine rings is 2. The third-order valence-electron chi connectivity index (χ3n) is 9.86. The van der Waals surface area contributed by atoms with Crippen LogP contribution >= 0.6 is 0 Å². The summed E-state index contributed by atoms with van der Waals surface area (Å²) < 4.78 is 28.7. The second-order valence-corrected chi connectivity index (χ2v) is 14.0. The number of imidazole rings is 1. The molecule has 2 aromatic rings. The number of aliphatic hydroxyl groups is 1. The minimum atomic E-state index is -0.895. The van der Waals surface area contributed by atoms with E-state index in [9.17, 15) is 19.5 Å². The molecule has 2 fully saturated rings. The molecule has 3 aliphatic heterocycles. The first-order valence-corrected chi connectivity index (χ1v) is 17.6. The number of halogens is 1. The van der Waals surface area contributed by atoms with Gasteiger partial charge < -0.3 is 38.7 Å². The molecule has 0 unspecified atom stereocenters. The number of cyclic esters (lactones) is 1. The van der Waals surface area contributed by atoms with E-state index in [0.29, 0.717) is 74.6 Å². The van der Waals surface area contributed by atoms with Crippen LogP contribution < -0.4 is 4.90 Å². The lowest BCUT2D eigenvalue weighted by molar-refractivity contribution is -0.151. The van der Waals surface area contributed by atoms with Crippen molar-refractivity contribution in [3.8, 4) is 0 Å². The van der Waals surface area contributed by atoms with Gasteiger partial charge in [-0.3, -0.25) is 9.59 Å². The van der Waals surface area contributed by atoms with E-state index in [2.05, 4.69) is 9.88 Å². The van der Waals surface area contributed by atoms with Gasteiger partial charge in [0.2, 0.25) is 0 Å². The van der Waals surface area contributed by atoms with Crippen LogP contribution in [-0.2, 0) is 21.3 Å². The molecule has 0 spiro atoms. The van der Waals surface area contributed by atoms with Gasteiger partial charge >= 0.3 is 12.1 Å². The van der Waals surface area contributed by atoms with Gasteiger partial charge in [-0.2, -0.15) is 0 Å². The summed E-state index contributed by atoms with van der Waals surface area (Å²) in [5.74, 6) is -1.45. The minimum Gasteiger partial charge on any atom is -0.457 e. The lowest BCUT2D eigenvalue weighted by Crippen LogP contribution is -2.49. The Labute approximate surface area is 294 Å². The maximum atomic E-state index is 15.0. The molecule has 0 bridgehead atoms. The molecule has 5 atom stereocenters. The Balaban J connectivity index is 1.31.